The maximum atomic E-state index is 12.3. The van der Waals surface area contributed by atoms with Crippen molar-refractivity contribution in [3.05, 3.63) is 24.3 Å². The van der Waals surface area contributed by atoms with E-state index in [1.807, 2.05) is 23.9 Å². The molecular formula is C14H22N2O2S2. The lowest BCUT2D eigenvalue weighted by molar-refractivity contribution is 0.521. The van der Waals surface area contributed by atoms with E-state index in [1.54, 1.807) is 26.2 Å². The van der Waals surface area contributed by atoms with Crippen LogP contribution in [-0.4, -0.2) is 43.9 Å². The summed E-state index contributed by atoms with van der Waals surface area (Å²) in [5, 5.41) is 3.33. The molecule has 1 unspecified atom stereocenters. The largest absolute Gasteiger partial charge is 0.383 e. The van der Waals surface area contributed by atoms with Crippen molar-refractivity contribution >= 4 is 27.5 Å². The van der Waals surface area contributed by atoms with E-state index < -0.39 is 10.0 Å². The van der Waals surface area contributed by atoms with Gasteiger partial charge in [0.15, 0.2) is 0 Å². The highest BCUT2D eigenvalue weighted by molar-refractivity contribution is 8.00. The molecule has 0 bridgehead atoms. The molecule has 1 saturated heterocycles. The summed E-state index contributed by atoms with van der Waals surface area (Å²) < 4.78 is 26.1. The van der Waals surface area contributed by atoms with Crippen LogP contribution in [0.25, 0.3) is 0 Å². The first-order valence-corrected chi connectivity index (χ1v) is 9.17. The number of para-hydroxylation sites is 1. The number of sulfonamides is 1. The van der Waals surface area contributed by atoms with Crippen LogP contribution in [0.5, 0.6) is 0 Å². The van der Waals surface area contributed by atoms with Crippen molar-refractivity contribution < 1.29 is 8.42 Å². The molecule has 4 nitrogen and oxygen atoms in total. The summed E-state index contributed by atoms with van der Waals surface area (Å²) >= 11 is 1.96. The molecule has 2 rings (SSSR count). The van der Waals surface area contributed by atoms with E-state index in [-0.39, 0.29) is 4.75 Å². The molecule has 1 atom stereocenters. The van der Waals surface area contributed by atoms with Crippen LogP contribution in [0.1, 0.15) is 19.8 Å². The number of hydrogen-bond donors (Lipinski definition) is 1. The second kappa shape index (κ2) is 5.95. The van der Waals surface area contributed by atoms with Gasteiger partial charge in [-0.1, -0.05) is 12.1 Å². The highest BCUT2D eigenvalue weighted by Gasteiger charge is 2.30. The first-order valence-electron chi connectivity index (χ1n) is 6.75. The Balaban J connectivity index is 2.21. The average molecular weight is 314 g/mol. The van der Waals surface area contributed by atoms with Crippen molar-refractivity contribution in [3.63, 3.8) is 0 Å². The van der Waals surface area contributed by atoms with Crippen LogP contribution in [0.2, 0.25) is 0 Å². The topological polar surface area (TPSA) is 49.4 Å². The summed E-state index contributed by atoms with van der Waals surface area (Å²) in [6.07, 6.45) is 2.41. The number of benzene rings is 1. The van der Waals surface area contributed by atoms with Gasteiger partial charge in [-0.2, -0.15) is 11.8 Å². The summed E-state index contributed by atoms with van der Waals surface area (Å²) in [4.78, 5) is 0.344. The van der Waals surface area contributed by atoms with Crippen molar-refractivity contribution in [3.8, 4) is 0 Å². The molecule has 0 amide bonds. The number of hydrogen-bond acceptors (Lipinski definition) is 4. The zero-order valence-corrected chi connectivity index (χ0v) is 13.9. The van der Waals surface area contributed by atoms with E-state index >= 15 is 0 Å². The summed E-state index contributed by atoms with van der Waals surface area (Å²) in [6.45, 7) is 3.03. The Labute approximate surface area is 126 Å². The fourth-order valence-corrected chi connectivity index (χ4v) is 4.60. The van der Waals surface area contributed by atoms with Crippen molar-refractivity contribution in [2.75, 3.05) is 31.7 Å². The lowest BCUT2D eigenvalue weighted by Gasteiger charge is -2.25. The zero-order chi connectivity index (χ0) is 14.8. The first-order chi connectivity index (χ1) is 9.35. The Morgan fingerprint density at radius 1 is 1.35 bits per heavy atom. The molecule has 1 aromatic carbocycles. The van der Waals surface area contributed by atoms with Crippen LogP contribution >= 0.6 is 11.8 Å². The van der Waals surface area contributed by atoms with E-state index in [2.05, 4.69) is 12.2 Å². The molecule has 6 heteroatoms. The van der Waals surface area contributed by atoms with Gasteiger partial charge in [-0.3, -0.25) is 0 Å². The summed E-state index contributed by atoms with van der Waals surface area (Å²) in [5.74, 6) is 1.19. The van der Waals surface area contributed by atoms with Gasteiger partial charge in [0.25, 0.3) is 0 Å². The van der Waals surface area contributed by atoms with E-state index in [1.165, 1.54) is 22.9 Å². The fraction of sp³-hybridized carbons (Fsp3) is 0.571. The smallest absolute Gasteiger partial charge is 0.244 e. The second-order valence-electron chi connectivity index (χ2n) is 5.54. The molecule has 1 N–H and O–H groups in total. The maximum Gasteiger partial charge on any atom is 0.244 e. The van der Waals surface area contributed by atoms with E-state index in [0.29, 0.717) is 10.6 Å². The van der Waals surface area contributed by atoms with Gasteiger partial charge in [-0.25, -0.2) is 12.7 Å². The minimum absolute atomic E-state index is 0.203. The van der Waals surface area contributed by atoms with E-state index in [0.717, 1.165) is 6.54 Å². The molecule has 0 radical (unpaired) electrons. The van der Waals surface area contributed by atoms with E-state index in [4.69, 9.17) is 0 Å². The third-order valence-electron chi connectivity index (χ3n) is 3.60. The third kappa shape index (κ3) is 3.30. The molecule has 1 heterocycles. The Bertz CT molecular complexity index is 564. The molecule has 0 aromatic heterocycles. The predicted molar refractivity (Wildman–Crippen MR) is 85.9 cm³/mol. The van der Waals surface area contributed by atoms with Gasteiger partial charge in [0, 0.05) is 25.4 Å². The minimum atomic E-state index is -3.41. The van der Waals surface area contributed by atoms with Crippen LogP contribution in [0.4, 0.5) is 5.69 Å². The average Bonchev–Trinajstić information content (AvgIpc) is 2.84. The Morgan fingerprint density at radius 3 is 2.65 bits per heavy atom. The molecule has 0 saturated carbocycles. The molecule has 1 aromatic rings. The van der Waals surface area contributed by atoms with Gasteiger partial charge in [0.2, 0.25) is 10.0 Å². The second-order valence-corrected chi connectivity index (χ2v) is 9.34. The van der Waals surface area contributed by atoms with Gasteiger partial charge in [0.1, 0.15) is 4.90 Å². The van der Waals surface area contributed by atoms with Crippen LogP contribution in [-0.2, 0) is 10.0 Å². The standard InChI is InChI=1S/C14H22N2O2S2/c1-14(9-6-10-19-14)11-15-12-7-4-5-8-13(12)20(17,18)16(2)3/h4-5,7-8,15H,6,9-11H2,1-3H3. The monoisotopic (exact) mass is 314 g/mol. The van der Waals surface area contributed by atoms with Crippen LogP contribution < -0.4 is 5.32 Å². The molecule has 112 valence electrons. The highest BCUT2D eigenvalue weighted by Crippen LogP contribution is 2.38. The molecule has 1 aliphatic rings. The zero-order valence-electron chi connectivity index (χ0n) is 12.2. The number of nitrogens with zero attached hydrogens (tertiary/aromatic N) is 1. The van der Waals surface area contributed by atoms with Gasteiger partial charge in [-0.15, -0.1) is 0 Å². The van der Waals surface area contributed by atoms with Crippen LogP contribution in [0.15, 0.2) is 29.2 Å². The quantitative estimate of drug-likeness (QED) is 0.908. The third-order valence-corrected chi connectivity index (χ3v) is 7.01. The first kappa shape index (κ1) is 15.7. The number of anilines is 1. The summed E-state index contributed by atoms with van der Waals surface area (Å²) in [7, 11) is -0.297. The normalized spacial score (nSPS) is 23.2. The molecular weight excluding hydrogens is 292 g/mol. The fourth-order valence-electron chi connectivity index (χ4n) is 2.29. The van der Waals surface area contributed by atoms with E-state index in [9.17, 15) is 8.42 Å². The molecule has 1 aliphatic heterocycles. The molecule has 1 fully saturated rings. The van der Waals surface area contributed by atoms with Crippen molar-refractivity contribution in [2.45, 2.75) is 29.4 Å². The van der Waals surface area contributed by atoms with Gasteiger partial charge in [-0.05, 0) is 37.7 Å². The lowest BCUT2D eigenvalue weighted by Crippen LogP contribution is -2.29. The van der Waals surface area contributed by atoms with Gasteiger partial charge < -0.3 is 5.32 Å². The Kier molecular flexibility index (Phi) is 4.66. The lowest BCUT2D eigenvalue weighted by atomic mass is 10.1. The van der Waals surface area contributed by atoms with Crippen LogP contribution in [0, 0.1) is 0 Å². The molecule has 0 aliphatic carbocycles. The Morgan fingerprint density at radius 2 is 2.05 bits per heavy atom. The number of thioether (sulfide) groups is 1. The van der Waals surface area contributed by atoms with Crippen LogP contribution in [0.3, 0.4) is 0 Å². The predicted octanol–water partition coefficient (Wildman–Crippen LogP) is 2.63. The Hall–Kier alpha value is -0.720. The molecule has 20 heavy (non-hydrogen) atoms. The van der Waals surface area contributed by atoms with Crippen molar-refractivity contribution in [1.29, 1.82) is 0 Å². The summed E-state index contributed by atoms with van der Waals surface area (Å²) in [5.41, 5.74) is 0.690. The van der Waals surface area contributed by atoms with Crippen molar-refractivity contribution in [2.24, 2.45) is 0 Å². The van der Waals surface area contributed by atoms with Crippen molar-refractivity contribution in [1.82, 2.24) is 4.31 Å². The highest BCUT2D eigenvalue weighted by atomic mass is 32.2. The SMILES string of the molecule is CN(C)S(=O)(=O)c1ccccc1NCC1(C)CCCS1. The molecule has 0 spiro atoms. The van der Waals surface area contributed by atoms with Gasteiger partial charge >= 0.3 is 0 Å². The minimum Gasteiger partial charge on any atom is -0.383 e. The maximum absolute atomic E-state index is 12.3. The van der Waals surface area contributed by atoms with Gasteiger partial charge in [0.05, 0.1) is 5.69 Å². The summed E-state index contributed by atoms with van der Waals surface area (Å²) in [6, 6.07) is 7.11. The number of rotatable bonds is 5. The number of nitrogens with one attached hydrogen (secondary N) is 1.